The van der Waals surface area contributed by atoms with Crippen LogP contribution in [0.1, 0.15) is 32.0 Å². The molecule has 0 bridgehead atoms. The van der Waals surface area contributed by atoms with E-state index in [1.54, 1.807) is 6.33 Å². The quantitative estimate of drug-likeness (QED) is 0.813. The van der Waals surface area contributed by atoms with Gasteiger partial charge in [0.1, 0.15) is 12.2 Å². The van der Waals surface area contributed by atoms with Crippen molar-refractivity contribution < 1.29 is 0 Å². The maximum atomic E-state index is 4.10. The predicted octanol–water partition coefficient (Wildman–Crippen LogP) is 0.822. The van der Waals surface area contributed by atoms with Crippen LogP contribution < -0.4 is 5.32 Å². The molecule has 0 atom stereocenters. The molecule has 1 aromatic heterocycles. The summed E-state index contributed by atoms with van der Waals surface area (Å²) in [5.74, 6) is 1.06. The molecular formula is C13H25N5. The van der Waals surface area contributed by atoms with Crippen molar-refractivity contribution in [3.8, 4) is 0 Å². The van der Waals surface area contributed by atoms with E-state index in [9.17, 15) is 0 Å². The molecule has 5 heteroatoms. The van der Waals surface area contributed by atoms with Crippen molar-refractivity contribution >= 4 is 0 Å². The van der Waals surface area contributed by atoms with E-state index in [1.165, 1.54) is 38.9 Å². The Morgan fingerprint density at radius 3 is 2.78 bits per heavy atom. The van der Waals surface area contributed by atoms with Crippen LogP contribution in [0.3, 0.4) is 0 Å². The Morgan fingerprint density at radius 1 is 1.39 bits per heavy atom. The van der Waals surface area contributed by atoms with Gasteiger partial charge in [-0.25, -0.2) is 0 Å². The van der Waals surface area contributed by atoms with Crippen molar-refractivity contribution in [2.45, 2.75) is 38.6 Å². The molecule has 0 aliphatic carbocycles. The topological polar surface area (TPSA) is 46.0 Å². The van der Waals surface area contributed by atoms with E-state index in [0.29, 0.717) is 6.04 Å². The fraction of sp³-hybridized carbons (Fsp3) is 0.846. The molecule has 0 spiro atoms. The first-order chi connectivity index (χ1) is 8.79. The first-order valence-electron chi connectivity index (χ1n) is 7.08. The number of piperidine rings is 1. The van der Waals surface area contributed by atoms with Crippen molar-refractivity contribution in [1.82, 2.24) is 25.0 Å². The highest BCUT2D eigenvalue weighted by atomic mass is 15.2. The van der Waals surface area contributed by atoms with Gasteiger partial charge in [-0.3, -0.25) is 0 Å². The molecule has 2 heterocycles. The van der Waals surface area contributed by atoms with E-state index < -0.39 is 0 Å². The van der Waals surface area contributed by atoms with E-state index >= 15 is 0 Å². The van der Waals surface area contributed by atoms with E-state index in [-0.39, 0.29) is 0 Å². The Labute approximate surface area is 110 Å². The molecule has 18 heavy (non-hydrogen) atoms. The van der Waals surface area contributed by atoms with Crippen LogP contribution >= 0.6 is 0 Å². The van der Waals surface area contributed by atoms with Crippen LogP contribution in [-0.4, -0.2) is 51.9 Å². The minimum Gasteiger partial charge on any atom is -0.321 e. The Kier molecular flexibility index (Phi) is 5.13. The van der Waals surface area contributed by atoms with Gasteiger partial charge >= 0.3 is 0 Å². The van der Waals surface area contributed by atoms with Crippen molar-refractivity contribution in [3.05, 3.63) is 12.2 Å². The highest BCUT2D eigenvalue weighted by Crippen LogP contribution is 2.10. The zero-order valence-corrected chi connectivity index (χ0v) is 11.6. The lowest BCUT2D eigenvalue weighted by atomic mass is 10.0. The third-order valence-electron chi connectivity index (χ3n) is 3.71. The number of nitrogens with one attached hydrogen (secondary N) is 1. The van der Waals surface area contributed by atoms with E-state index in [4.69, 9.17) is 0 Å². The fourth-order valence-corrected chi connectivity index (χ4v) is 2.60. The number of aromatic nitrogens is 3. The first-order valence-corrected chi connectivity index (χ1v) is 7.08. The zero-order chi connectivity index (χ0) is 12.8. The van der Waals surface area contributed by atoms with Crippen molar-refractivity contribution in [1.29, 1.82) is 0 Å². The number of nitrogens with zero attached hydrogens (tertiary/aromatic N) is 4. The molecule has 1 aliphatic rings. The van der Waals surface area contributed by atoms with Crippen LogP contribution in [0.25, 0.3) is 0 Å². The van der Waals surface area contributed by atoms with Gasteiger partial charge in [-0.1, -0.05) is 6.92 Å². The van der Waals surface area contributed by atoms with Crippen LogP contribution in [-0.2, 0) is 13.5 Å². The highest BCUT2D eigenvalue weighted by molar-refractivity contribution is 4.86. The highest BCUT2D eigenvalue weighted by Gasteiger charge is 2.17. The molecule has 0 saturated carbocycles. The summed E-state index contributed by atoms with van der Waals surface area (Å²) in [7, 11) is 2.00. The molecule has 1 aliphatic heterocycles. The second-order valence-electron chi connectivity index (χ2n) is 5.18. The average molecular weight is 251 g/mol. The Morgan fingerprint density at radius 2 is 2.17 bits per heavy atom. The summed E-state index contributed by atoms with van der Waals surface area (Å²) in [4.78, 5) is 2.57. The van der Waals surface area contributed by atoms with E-state index in [1.807, 2.05) is 11.6 Å². The van der Waals surface area contributed by atoms with Gasteiger partial charge in [0.2, 0.25) is 0 Å². The Balaban J connectivity index is 1.62. The molecule has 0 unspecified atom stereocenters. The van der Waals surface area contributed by atoms with Crippen molar-refractivity contribution in [3.63, 3.8) is 0 Å². The lowest BCUT2D eigenvalue weighted by Gasteiger charge is -2.32. The Hall–Kier alpha value is -0.940. The van der Waals surface area contributed by atoms with E-state index in [2.05, 4.69) is 27.3 Å². The van der Waals surface area contributed by atoms with Gasteiger partial charge in [-0.05, 0) is 38.9 Å². The number of likely N-dealkylation sites (tertiary alicyclic amines) is 1. The average Bonchev–Trinajstić information content (AvgIpc) is 2.78. The van der Waals surface area contributed by atoms with Gasteiger partial charge in [0.25, 0.3) is 0 Å². The second kappa shape index (κ2) is 6.85. The lowest BCUT2D eigenvalue weighted by Crippen LogP contribution is -2.43. The molecule has 1 fully saturated rings. The normalized spacial score (nSPS) is 18.3. The number of rotatable bonds is 6. The summed E-state index contributed by atoms with van der Waals surface area (Å²) in [5, 5.41) is 11.6. The summed E-state index contributed by atoms with van der Waals surface area (Å²) in [6.45, 7) is 7.01. The summed E-state index contributed by atoms with van der Waals surface area (Å²) < 4.78 is 1.99. The third-order valence-corrected chi connectivity index (χ3v) is 3.71. The van der Waals surface area contributed by atoms with Crippen molar-refractivity contribution in [2.24, 2.45) is 7.05 Å². The summed E-state index contributed by atoms with van der Waals surface area (Å²) >= 11 is 0. The van der Waals surface area contributed by atoms with Crippen LogP contribution in [0.5, 0.6) is 0 Å². The lowest BCUT2D eigenvalue weighted by molar-refractivity contribution is 0.198. The van der Waals surface area contributed by atoms with Crippen LogP contribution in [0.15, 0.2) is 6.33 Å². The minimum absolute atomic E-state index is 0.686. The van der Waals surface area contributed by atoms with Crippen molar-refractivity contribution in [2.75, 3.05) is 26.2 Å². The molecule has 5 nitrogen and oxygen atoms in total. The SMILES string of the molecule is CCCN1CCC(NCCc2nncn2C)CC1. The smallest absolute Gasteiger partial charge is 0.133 e. The third kappa shape index (κ3) is 3.78. The summed E-state index contributed by atoms with van der Waals surface area (Å²) in [6.07, 6.45) is 6.55. The van der Waals surface area contributed by atoms with Gasteiger partial charge < -0.3 is 14.8 Å². The molecule has 0 radical (unpaired) electrons. The van der Waals surface area contributed by atoms with Crippen LogP contribution in [0.4, 0.5) is 0 Å². The van der Waals surface area contributed by atoms with E-state index in [0.717, 1.165) is 18.8 Å². The van der Waals surface area contributed by atoms with Gasteiger partial charge in [0, 0.05) is 26.1 Å². The minimum atomic E-state index is 0.686. The standard InChI is InChI=1S/C13H25N5/c1-3-8-18-9-5-12(6-10-18)14-7-4-13-16-15-11-17(13)2/h11-12,14H,3-10H2,1-2H3. The maximum absolute atomic E-state index is 4.10. The summed E-state index contributed by atoms with van der Waals surface area (Å²) in [6, 6.07) is 0.686. The predicted molar refractivity (Wildman–Crippen MR) is 72.5 cm³/mol. The fourth-order valence-electron chi connectivity index (χ4n) is 2.60. The molecule has 1 saturated heterocycles. The molecule has 1 N–H and O–H groups in total. The van der Waals surface area contributed by atoms with Gasteiger partial charge in [-0.2, -0.15) is 0 Å². The Bertz CT molecular complexity index is 341. The summed E-state index contributed by atoms with van der Waals surface area (Å²) in [5.41, 5.74) is 0. The zero-order valence-electron chi connectivity index (χ0n) is 11.6. The molecule has 102 valence electrons. The molecule has 2 rings (SSSR count). The molecule has 1 aromatic rings. The number of hydrogen-bond acceptors (Lipinski definition) is 4. The van der Waals surface area contributed by atoms with Crippen LogP contribution in [0, 0.1) is 0 Å². The maximum Gasteiger partial charge on any atom is 0.133 e. The largest absolute Gasteiger partial charge is 0.321 e. The molecule has 0 amide bonds. The van der Waals surface area contributed by atoms with Gasteiger partial charge in [0.05, 0.1) is 0 Å². The second-order valence-corrected chi connectivity index (χ2v) is 5.18. The molecule has 0 aromatic carbocycles. The van der Waals surface area contributed by atoms with Gasteiger partial charge in [0.15, 0.2) is 0 Å². The molecular weight excluding hydrogens is 226 g/mol. The van der Waals surface area contributed by atoms with Crippen LogP contribution in [0.2, 0.25) is 0 Å². The number of hydrogen-bond donors (Lipinski definition) is 1. The first kappa shape index (κ1) is 13.5. The monoisotopic (exact) mass is 251 g/mol. The number of aryl methyl sites for hydroxylation is 1. The van der Waals surface area contributed by atoms with Gasteiger partial charge in [-0.15, -0.1) is 10.2 Å².